The van der Waals surface area contributed by atoms with E-state index in [9.17, 15) is 5.11 Å². The van der Waals surface area contributed by atoms with Gasteiger partial charge >= 0.3 is 0 Å². The first kappa shape index (κ1) is 10.4. The van der Waals surface area contributed by atoms with E-state index in [1.165, 1.54) is 5.57 Å². The van der Waals surface area contributed by atoms with Crippen molar-refractivity contribution in [3.8, 4) is 0 Å². The molecule has 0 aliphatic heterocycles. The molecule has 1 heteroatoms. The van der Waals surface area contributed by atoms with Crippen LogP contribution in [0, 0.1) is 11.3 Å². The van der Waals surface area contributed by atoms with Crippen LogP contribution in [0.2, 0.25) is 0 Å². The standard InChI is InChI=1S/C12H20O/c1-9-7-11(13)6-5-10(9)8-12(2,3)4/h5-6,9,13H,7-8H2,1-4H3. The van der Waals surface area contributed by atoms with Crippen molar-refractivity contribution in [2.45, 2.75) is 40.5 Å². The molecule has 0 saturated heterocycles. The smallest absolute Gasteiger partial charge is 0.0928 e. The van der Waals surface area contributed by atoms with Crippen LogP contribution in [0.15, 0.2) is 23.5 Å². The molecule has 1 atom stereocenters. The highest BCUT2D eigenvalue weighted by molar-refractivity contribution is 5.23. The van der Waals surface area contributed by atoms with E-state index in [0.717, 1.165) is 12.8 Å². The maximum Gasteiger partial charge on any atom is 0.0928 e. The lowest BCUT2D eigenvalue weighted by Crippen LogP contribution is -2.13. The fourth-order valence-corrected chi connectivity index (χ4v) is 1.73. The Morgan fingerprint density at radius 2 is 2.00 bits per heavy atom. The lowest BCUT2D eigenvalue weighted by atomic mass is 9.80. The molecule has 0 aromatic carbocycles. The predicted octanol–water partition coefficient (Wildman–Crippen LogP) is 3.83. The second-order valence-corrected chi connectivity index (χ2v) is 5.24. The van der Waals surface area contributed by atoms with Crippen molar-refractivity contribution in [1.29, 1.82) is 0 Å². The molecule has 13 heavy (non-hydrogen) atoms. The van der Waals surface area contributed by atoms with Crippen molar-refractivity contribution in [3.63, 3.8) is 0 Å². The molecule has 1 N–H and O–H groups in total. The van der Waals surface area contributed by atoms with E-state index in [4.69, 9.17) is 0 Å². The summed E-state index contributed by atoms with van der Waals surface area (Å²) >= 11 is 0. The molecular formula is C12H20O. The molecule has 1 nitrogen and oxygen atoms in total. The Bertz CT molecular complexity index is 240. The molecule has 0 saturated carbocycles. The molecule has 0 bridgehead atoms. The van der Waals surface area contributed by atoms with E-state index in [-0.39, 0.29) is 0 Å². The topological polar surface area (TPSA) is 20.2 Å². The van der Waals surface area contributed by atoms with Crippen molar-refractivity contribution in [3.05, 3.63) is 23.5 Å². The summed E-state index contributed by atoms with van der Waals surface area (Å²) in [5.41, 5.74) is 1.81. The molecule has 1 unspecified atom stereocenters. The zero-order valence-electron chi connectivity index (χ0n) is 9.09. The highest BCUT2D eigenvalue weighted by Crippen LogP contribution is 2.33. The van der Waals surface area contributed by atoms with Gasteiger partial charge in [-0.05, 0) is 23.8 Å². The van der Waals surface area contributed by atoms with Crippen molar-refractivity contribution < 1.29 is 5.11 Å². The van der Waals surface area contributed by atoms with Gasteiger partial charge in [-0.15, -0.1) is 0 Å². The van der Waals surface area contributed by atoms with E-state index >= 15 is 0 Å². The average Bonchev–Trinajstić information content (AvgIpc) is 1.93. The minimum Gasteiger partial charge on any atom is -0.512 e. The van der Waals surface area contributed by atoms with Crippen LogP contribution in [0.5, 0.6) is 0 Å². The zero-order chi connectivity index (χ0) is 10.1. The third-order valence-corrected chi connectivity index (χ3v) is 2.37. The molecular weight excluding hydrogens is 160 g/mol. The van der Waals surface area contributed by atoms with Crippen LogP contribution in [-0.4, -0.2) is 5.11 Å². The van der Waals surface area contributed by atoms with Crippen LogP contribution >= 0.6 is 0 Å². The number of rotatable bonds is 1. The molecule has 74 valence electrons. The fraction of sp³-hybridized carbons (Fsp3) is 0.667. The highest BCUT2D eigenvalue weighted by Gasteiger charge is 2.19. The number of aliphatic hydroxyl groups is 1. The molecule has 0 fully saturated rings. The van der Waals surface area contributed by atoms with Gasteiger partial charge in [0, 0.05) is 6.42 Å². The number of hydrogen-bond donors (Lipinski definition) is 1. The summed E-state index contributed by atoms with van der Waals surface area (Å²) in [4.78, 5) is 0. The van der Waals surface area contributed by atoms with E-state index in [2.05, 4.69) is 33.8 Å². The largest absolute Gasteiger partial charge is 0.512 e. The van der Waals surface area contributed by atoms with Crippen molar-refractivity contribution in [2.75, 3.05) is 0 Å². The van der Waals surface area contributed by atoms with Gasteiger partial charge in [-0.25, -0.2) is 0 Å². The summed E-state index contributed by atoms with van der Waals surface area (Å²) in [6.45, 7) is 8.93. The number of allylic oxidation sites excluding steroid dienone is 4. The van der Waals surface area contributed by atoms with Crippen LogP contribution in [0.25, 0.3) is 0 Å². The molecule has 0 radical (unpaired) electrons. The Balaban J connectivity index is 2.70. The van der Waals surface area contributed by atoms with E-state index in [1.54, 1.807) is 0 Å². The van der Waals surface area contributed by atoms with Crippen LogP contribution in [0.4, 0.5) is 0 Å². The Morgan fingerprint density at radius 3 is 2.46 bits per heavy atom. The lowest BCUT2D eigenvalue weighted by Gasteiger charge is -2.26. The maximum atomic E-state index is 9.31. The quantitative estimate of drug-likeness (QED) is 0.650. The highest BCUT2D eigenvalue weighted by atomic mass is 16.3. The van der Waals surface area contributed by atoms with Crippen LogP contribution in [-0.2, 0) is 0 Å². The van der Waals surface area contributed by atoms with Gasteiger partial charge in [-0.2, -0.15) is 0 Å². The van der Waals surface area contributed by atoms with Gasteiger partial charge in [-0.1, -0.05) is 39.3 Å². The Labute approximate surface area is 81.2 Å². The number of aliphatic hydroxyl groups excluding tert-OH is 1. The Morgan fingerprint density at radius 1 is 1.38 bits per heavy atom. The van der Waals surface area contributed by atoms with E-state index < -0.39 is 0 Å². The Kier molecular flexibility index (Phi) is 2.84. The summed E-state index contributed by atoms with van der Waals surface area (Å²) in [6, 6.07) is 0. The molecule has 0 aromatic rings. The second kappa shape index (κ2) is 3.57. The maximum absolute atomic E-state index is 9.31. The Hall–Kier alpha value is -0.720. The van der Waals surface area contributed by atoms with Crippen molar-refractivity contribution in [2.24, 2.45) is 11.3 Å². The molecule has 0 amide bonds. The van der Waals surface area contributed by atoms with Gasteiger partial charge in [-0.3, -0.25) is 0 Å². The van der Waals surface area contributed by atoms with Gasteiger partial charge in [0.1, 0.15) is 0 Å². The fourth-order valence-electron chi connectivity index (χ4n) is 1.73. The molecule has 0 aromatic heterocycles. The van der Waals surface area contributed by atoms with E-state index in [0.29, 0.717) is 17.1 Å². The van der Waals surface area contributed by atoms with Gasteiger partial charge in [0.15, 0.2) is 0 Å². The monoisotopic (exact) mass is 180 g/mol. The first-order valence-corrected chi connectivity index (χ1v) is 4.97. The summed E-state index contributed by atoms with van der Waals surface area (Å²) in [5.74, 6) is 1.02. The third kappa shape index (κ3) is 3.25. The van der Waals surface area contributed by atoms with E-state index in [1.807, 2.05) is 6.08 Å². The van der Waals surface area contributed by atoms with Crippen LogP contribution in [0.3, 0.4) is 0 Å². The lowest BCUT2D eigenvalue weighted by molar-refractivity contribution is 0.344. The predicted molar refractivity (Wildman–Crippen MR) is 56.6 cm³/mol. The minimum absolute atomic E-state index is 0.348. The SMILES string of the molecule is CC1CC(O)=CC=C1CC(C)(C)C. The van der Waals surface area contributed by atoms with Crippen molar-refractivity contribution >= 4 is 0 Å². The summed E-state index contributed by atoms with van der Waals surface area (Å²) in [7, 11) is 0. The second-order valence-electron chi connectivity index (χ2n) is 5.24. The van der Waals surface area contributed by atoms with Gasteiger partial charge < -0.3 is 5.11 Å². The summed E-state index contributed by atoms with van der Waals surface area (Å²) < 4.78 is 0. The molecule has 0 spiro atoms. The minimum atomic E-state index is 0.348. The van der Waals surface area contributed by atoms with Gasteiger partial charge in [0.2, 0.25) is 0 Å². The molecule has 1 aliphatic carbocycles. The van der Waals surface area contributed by atoms with Crippen LogP contribution in [0.1, 0.15) is 40.5 Å². The summed E-state index contributed by atoms with van der Waals surface area (Å²) in [5, 5.41) is 9.31. The summed E-state index contributed by atoms with van der Waals surface area (Å²) in [6.07, 6.45) is 5.84. The normalized spacial score (nSPS) is 23.8. The number of hydrogen-bond acceptors (Lipinski definition) is 1. The molecule has 1 rings (SSSR count). The molecule has 0 heterocycles. The van der Waals surface area contributed by atoms with Crippen LogP contribution < -0.4 is 0 Å². The van der Waals surface area contributed by atoms with Crippen molar-refractivity contribution in [1.82, 2.24) is 0 Å². The first-order chi connectivity index (χ1) is 5.88. The molecule has 1 aliphatic rings. The average molecular weight is 180 g/mol. The first-order valence-electron chi connectivity index (χ1n) is 4.97. The zero-order valence-corrected chi connectivity index (χ0v) is 9.09. The third-order valence-electron chi connectivity index (χ3n) is 2.37. The van der Waals surface area contributed by atoms with Gasteiger partial charge in [0.25, 0.3) is 0 Å². The van der Waals surface area contributed by atoms with Gasteiger partial charge in [0.05, 0.1) is 5.76 Å².